The SMILES string of the molecule is CCO[P+](=O)Cc1c2ccccc2cc2ccccc12. The Kier molecular flexibility index (Phi) is 3.77. The molecule has 0 saturated heterocycles. The van der Waals surface area contributed by atoms with Crippen LogP contribution in [0.2, 0.25) is 0 Å². The summed E-state index contributed by atoms with van der Waals surface area (Å²) in [5.74, 6) is 0. The van der Waals surface area contributed by atoms with Crippen LogP contribution in [0.15, 0.2) is 54.6 Å². The van der Waals surface area contributed by atoms with Gasteiger partial charge in [-0.15, -0.1) is 4.52 Å². The minimum atomic E-state index is -1.65. The quantitative estimate of drug-likeness (QED) is 0.481. The topological polar surface area (TPSA) is 26.3 Å². The minimum absolute atomic E-state index is 0.463. The summed E-state index contributed by atoms with van der Waals surface area (Å²) >= 11 is 0. The van der Waals surface area contributed by atoms with Crippen molar-refractivity contribution in [2.75, 3.05) is 6.61 Å². The van der Waals surface area contributed by atoms with Crippen LogP contribution in [0.5, 0.6) is 0 Å². The van der Waals surface area contributed by atoms with Gasteiger partial charge in [0.1, 0.15) is 0 Å². The van der Waals surface area contributed by atoms with Gasteiger partial charge in [0.25, 0.3) is 0 Å². The van der Waals surface area contributed by atoms with Gasteiger partial charge in [0, 0.05) is 5.56 Å². The number of rotatable bonds is 4. The average Bonchev–Trinajstić information content (AvgIpc) is 2.47. The number of hydrogen-bond acceptors (Lipinski definition) is 2. The Morgan fingerprint density at radius 2 is 1.50 bits per heavy atom. The molecular weight excluding hydrogens is 267 g/mol. The first-order valence-corrected chi connectivity index (χ1v) is 8.13. The fourth-order valence-corrected chi connectivity index (χ4v) is 3.58. The highest BCUT2D eigenvalue weighted by Gasteiger charge is 2.21. The van der Waals surface area contributed by atoms with Crippen LogP contribution in [-0.4, -0.2) is 6.61 Å². The zero-order valence-corrected chi connectivity index (χ0v) is 12.3. The third-order valence-corrected chi connectivity index (χ3v) is 4.56. The van der Waals surface area contributed by atoms with Crippen LogP contribution >= 0.6 is 8.03 Å². The van der Waals surface area contributed by atoms with Crippen molar-refractivity contribution in [1.29, 1.82) is 0 Å². The number of fused-ring (bicyclic) bond motifs is 2. The number of benzene rings is 3. The van der Waals surface area contributed by atoms with Crippen LogP contribution in [0.4, 0.5) is 0 Å². The van der Waals surface area contributed by atoms with E-state index >= 15 is 0 Å². The van der Waals surface area contributed by atoms with Crippen LogP contribution in [0, 0.1) is 0 Å². The van der Waals surface area contributed by atoms with Gasteiger partial charge in [0.15, 0.2) is 0 Å². The predicted octanol–water partition coefficient (Wildman–Crippen LogP) is 5.27. The van der Waals surface area contributed by atoms with Gasteiger partial charge in [-0.2, -0.15) is 0 Å². The average molecular weight is 283 g/mol. The van der Waals surface area contributed by atoms with Crippen LogP contribution in [0.1, 0.15) is 12.5 Å². The zero-order valence-electron chi connectivity index (χ0n) is 11.4. The van der Waals surface area contributed by atoms with Crippen molar-refractivity contribution >= 4 is 29.6 Å². The van der Waals surface area contributed by atoms with Crippen LogP contribution in [-0.2, 0) is 15.3 Å². The van der Waals surface area contributed by atoms with Gasteiger partial charge in [-0.05, 0) is 39.1 Å². The molecule has 0 aliphatic carbocycles. The van der Waals surface area contributed by atoms with Crippen molar-refractivity contribution in [3.05, 3.63) is 60.2 Å². The van der Waals surface area contributed by atoms with Crippen molar-refractivity contribution in [2.45, 2.75) is 13.1 Å². The molecule has 0 heterocycles. The van der Waals surface area contributed by atoms with E-state index in [1.807, 2.05) is 31.2 Å². The highest BCUT2D eigenvalue weighted by atomic mass is 31.1. The van der Waals surface area contributed by atoms with E-state index in [4.69, 9.17) is 4.52 Å². The molecular formula is C17H16O2P+. The summed E-state index contributed by atoms with van der Waals surface area (Å²) in [6.45, 7) is 2.35. The van der Waals surface area contributed by atoms with Crippen molar-refractivity contribution in [2.24, 2.45) is 0 Å². The monoisotopic (exact) mass is 283 g/mol. The Balaban J connectivity index is 2.25. The maximum absolute atomic E-state index is 12.0. The molecule has 0 bridgehead atoms. The van der Waals surface area contributed by atoms with Gasteiger partial charge in [-0.1, -0.05) is 48.5 Å². The van der Waals surface area contributed by atoms with Gasteiger partial charge in [0.2, 0.25) is 6.16 Å². The van der Waals surface area contributed by atoms with Crippen molar-refractivity contribution < 1.29 is 9.09 Å². The lowest BCUT2D eigenvalue weighted by Crippen LogP contribution is -1.89. The standard InChI is InChI=1S/C17H16O2P/c1-2-19-20(18)12-17-15-9-5-3-7-13(15)11-14-8-4-6-10-16(14)17/h3-11H,2,12H2,1H3/q+1. The molecule has 0 aromatic heterocycles. The summed E-state index contributed by atoms with van der Waals surface area (Å²) in [7, 11) is -1.65. The van der Waals surface area contributed by atoms with Gasteiger partial charge in [-0.3, -0.25) is 0 Å². The highest BCUT2D eigenvalue weighted by molar-refractivity contribution is 7.38. The first-order chi connectivity index (χ1) is 9.79. The summed E-state index contributed by atoms with van der Waals surface area (Å²) in [5.41, 5.74) is 1.12. The van der Waals surface area contributed by atoms with E-state index < -0.39 is 8.03 Å². The second-order valence-corrected chi connectivity index (χ2v) is 5.95. The second-order valence-electron chi connectivity index (χ2n) is 4.71. The van der Waals surface area contributed by atoms with Crippen molar-refractivity contribution in [3.63, 3.8) is 0 Å². The zero-order chi connectivity index (χ0) is 13.9. The van der Waals surface area contributed by atoms with Crippen molar-refractivity contribution in [3.8, 4) is 0 Å². The Hall–Kier alpha value is -1.76. The molecule has 3 aromatic carbocycles. The lowest BCUT2D eigenvalue weighted by Gasteiger charge is -2.07. The molecule has 100 valence electrons. The van der Waals surface area contributed by atoms with Gasteiger partial charge < -0.3 is 0 Å². The highest BCUT2D eigenvalue weighted by Crippen LogP contribution is 2.36. The molecule has 3 aromatic rings. The Bertz CT molecular complexity index is 726. The lowest BCUT2D eigenvalue weighted by molar-refractivity contribution is 0.350. The Morgan fingerprint density at radius 1 is 0.950 bits per heavy atom. The lowest BCUT2D eigenvalue weighted by atomic mass is 9.98. The van der Waals surface area contributed by atoms with E-state index in [1.165, 1.54) is 10.8 Å². The molecule has 0 aliphatic rings. The fourth-order valence-electron chi connectivity index (χ4n) is 2.60. The van der Waals surface area contributed by atoms with Crippen LogP contribution in [0.25, 0.3) is 21.5 Å². The largest absolute Gasteiger partial charge is 0.512 e. The molecule has 3 heteroatoms. The molecule has 1 atom stereocenters. The summed E-state index contributed by atoms with van der Waals surface area (Å²) < 4.78 is 17.3. The van der Waals surface area contributed by atoms with Crippen LogP contribution in [0.3, 0.4) is 0 Å². The second kappa shape index (κ2) is 5.70. The predicted molar refractivity (Wildman–Crippen MR) is 84.4 cm³/mol. The Morgan fingerprint density at radius 3 is 2.05 bits per heavy atom. The molecule has 2 nitrogen and oxygen atoms in total. The van der Waals surface area contributed by atoms with Crippen LogP contribution < -0.4 is 0 Å². The summed E-state index contributed by atoms with van der Waals surface area (Å²) in [5, 5.41) is 4.69. The molecule has 0 radical (unpaired) electrons. The van der Waals surface area contributed by atoms with Gasteiger partial charge >= 0.3 is 8.03 Å². The molecule has 0 aliphatic heterocycles. The van der Waals surface area contributed by atoms with E-state index in [0.29, 0.717) is 12.8 Å². The molecule has 3 rings (SSSR count). The number of hydrogen-bond donors (Lipinski definition) is 0. The summed E-state index contributed by atoms with van der Waals surface area (Å²) in [4.78, 5) is 0. The molecule has 0 amide bonds. The Labute approximate surface area is 119 Å². The van der Waals surface area contributed by atoms with E-state index in [9.17, 15) is 4.57 Å². The van der Waals surface area contributed by atoms with Gasteiger partial charge in [0.05, 0.1) is 6.61 Å². The first kappa shape index (κ1) is 13.2. The van der Waals surface area contributed by atoms with E-state index in [1.54, 1.807) is 0 Å². The third-order valence-electron chi connectivity index (χ3n) is 3.44. The fraction of sp³-hybridized carbons (Fsp3) is 0.176. The molecule has 20 heavy (non-hydrogen) atoms. The smallest absolute Gasteiger partial charge is 0.146 e. The van der Waals surface area contributed by atoms with Gasteiger partial charge in [-0.25, -0.2) is 0 Å². The van der Waals surface area contributed by atoms with Crippen molar-refractivity contribution in [1.82, 2.24) is 0 Å². The minimum Gasteiger partial charge on any atom is -0.146 e. The normalized spacial score (nSPS) is 11.9. The van der Waals surface area contributed by atoms with E-state index in [-0.39, 0.29) is 0 Å². The third kappa shape index (κ3) is 2.45. The molecule has 0 saturated carbocycles. The molecule has 0 fully saturated rings. The maximum Gasteiger partial charge on any atom is 0.512 e. The van der Waals surface area contributed by atoms with E-state index in [2.05, 4.69) is 30.3 Å². The van der Waals surface area contributed by atoms with E-state index in [0.717, 1.165) is 16.3 Å². The molecule has 1 unspecified atom stereocenters. The summed E-state index contributed by atoms with van der Waals surface area (Å²) in [6, 6.07) is 18.7. The first-order valence-electron chi connectivity index (χ1n) is 6.76. The summed E-state index contributed by atoms with van der Waals surface area (Å²) in [6.07, 6.45) is 0.463. The molecule has 0 spiro atoms. The maximum atomic E-state index is 12.0. The molecule has 0 N–H and O–H groups in total.